The van der Waals surface area contributed by atoms with Gasteiger partial charge < -0.3 is 14.5 Å². The highest BCUT2D eigenvalue weighted by molar-refractivity contribution is 8.13. The van der Waals surface area contributed by atoms with Gasteiger partial charge >= 0.3 is 5.97 Å². The first-order valence-corrected chi connectivity index (χ1v) is 19.2. The number of esters is 1. The summed E-state index contributed by atoms with van der Waals surface area (Å²) in [6.07, 6.45) is 28.3. The van der Waals surface area contributed by atoms with Crippen molar-refractivity contribution in [1.82, 2.24) is 9.80 Å². The van der Waals surface area contributed by atoms with E-state index < -0.39 is 5.97 Å². The lowest BCUT2D eigenvalue weighted by molar-refractivity contribution is -0.143. The molecule has 6 nitrogen and oxygen atoms in total. The molecule has 0 aromatic heterocycles. The van der Waals surface area contributed by atoms with Crippen LogP contribution in [0.1, 0.15) is 156 Å². The van der Waals surface area contributed by atoms with Gasteiger partial charge in [0.2, 0.25) is 0 Å². The van der Waals surface area contributed by atoms with Gasteiger partial charge in [-0.05, 0) is 45.8 Å². The van der Waals surface area contributed by atoms with Gasteiger partial charge in [0.25, 0.3) is 5.24 Å². The molecule has 0 aromatic carbocycles. The van der Waals surface area contributed by atoms with Crippen molar-refractivity contribution in [3.63, 3.8) is 0 Å². The summed E-state index contributed by atoms with van der Waals surface area (Å²) in [7, 11) is 4.03. The molecule has 0 bridgehead atoms. The summed E-state index contributed by atoms with van der Waals surface area (Å²) in [4.78, 5) is 42.7. The average molecular weight is 639 g/mol. The van der Waals surface area contributed by atoms with Crippen molar-refractivity contribution in [3.05, 3.63) is 12.2 Å². The van der Waals surface area contributed by atoms with Crippen LogP contribution in [-0.2, 0) is 14.3 Å². The topological polar surface area (TPSA) is 66.9 Å². The van der Waals surface area contributed by atoms with Crippen LogP contribution in [0.4, 0.5) is 4.79 Å². The Balaban J connectivity index is 5.05. The molecule has 0 heterocycles. The monoisotopic (exact) mass is 639 g/mol. The van der Waals surface area contributed by atoms with Gasteiger partial charge in [-0.25, -0.2) is 0 Å². The molecular formula is C37H70N2O4S. The van der Waals surface area contributed by atoms with Crippen LogP contribution in [0.3, 0.4) is 0 Å². The van der Waals surface area contributed by atoms with Gasteiger partial charge in [-0.2, -0.15) is 0 Å². The Hall–Kier alpha value is -1.34. The number of allylic oxidation sites excluding steroid dienone is 1. The Morgan fingerprint density at radius 3 is 1.80 bits per heavy atom. The van der Waals surface area contributed by atoms with Crippen LogP contribution in [0.15, 0.2) is 12.2 Å². The molecule has 1 amide bonds. The zero-order valence-electron chi connectivity index (χ0n) is 29.6. The quantitative estimate of drug-likeness (QED) is 0.0428. The maximum Gasteiger partial charge on any atom is 0.326 e. The second kappa shape index (κ2) is 31.6. The van der Waals surface area contributed by atoms with E-state index in [0.29, 0.717) is 18.1 Å². The van der Waals surface area contributed by atoms with E-state index in [1.807, 2.05) is 20.2 Å². The first kappa shape index (κ1) is 42.7. The van der Waals surface area contributed by atoms with Crippen molar-refractivity contribution < 1.29 is 19.1 Å². The Kier molecular flexibility index (Phi) is 30.7. The number of hydrogen-bond donors (Lipinski definition) is 0. The molecule has 0 atom stereocenters. The molecule has 0 aliphatic carbocycles. The van der Waals surface area contributed by atoms with Crippen LogP contribution in [0.5, 0.6) is 0 Å². The van der Waals surface area contributed by atoms with Gasteiger partial charge in [0.1, 0.15) is 13.2 Å². The fraction of sp³-hybridized carbons (Fsp3) is 0.865. The number of rotatable bonds is 31. The van der Waals surface area contributed by atoms with Crippen LogP contribution in [-0.4, -0.2) is 72.9 Å². The summed E-state index contributed by atoms with van der Waals surface area (Å²) in [5.74, 6) is 0.635. The van der Waals surface area contributed by atoms with Gasteiger partial charge in [0, 0.05) is 12.2 Å². The number of carbonyl (C=O) groups excluding carboxylic acids is 3. The second-order valence-corrected chi connectivity index (χ2v) is 13.9. The third-order valence-corrected chi connectivity index (χ3v) is 9.10. The van der Waals surface area contributed by atoms with Crippen LogP contribution < -0.4 is 0 Å². The highest BCUT2D eigenvalue weighted by Crippen LogP contribution is 2.23. The number of ketones is 1. The average Bonchev–Trinajstić information content (AvgIpc) is 2.99. The normalized spacial score (nSPS) is 11.6. The summed E-state index contributed by atoms with van der Waals surface area (Å²) in [5, 5.41) is -0.205. The predicted octanol–water partition coefficient (Wildman–Crippen LogP) is 10.2. The predicted molar refractivity (Wildman–Crippen MR) is 191 cm³/mol. The van der Waals surface area contributed by atoms with Crippen LogP contribution >= 0.6 is 11.8 Å². The maximum atomic E-state index is 13.4. The Morgan fingerprint density at radius 2 is 1.23 bits per heavy atom. The zero-order valence-corrected chi connectivity index (χ0v) is 30.4. The molecule has 0 aliphatic heterocycles. The molecule has 0 rings (SSSR count). The Morgan fingerprint density at radius 1 is 0.682 bits per heavy atom. The molecule has 7 heteroatoms. The fourth-order valence-corrected chi connectivity index (χ4v) is 6.17. The minimum Gasteiger partial charge on any atom is -0.460 e. The number of hydrogen-bond acceptors (Lipinski definition) is 6. The van der Waals surface area contributed by atoms with Gasteiger partial charge in [0.05, 0.1) is 6.54 Å². The number of unbranched alkanes of at least 4 members (excludes halogenated alkanes) is 14. The fourth-order valence-electron chi connectivity index (χ4n) is 5.41. The molecule has 0 aliphatic rings. The van der Waals surface area contributed by atoms with Crippen molar-refractivity contribution >= 4 is 28.8 Å². The van der Waals surface area contributed by atoms with E-state index in [-0.39, 0.29) is 30.7 Å². The van der Waals surface area contributed by atoms with Crippen LogP contribution in [0.2, 0.25) is 0 Å². The smallest absolute Gasteiger partial charge is 0.326 e. The number of amides is 1. The van der Waals surface area contributed by atoms with E-state index in [1.165, 1.54) is 113 Å². The third kappa shape index (κ3) is 28.2. The van der Waals surface area contributed by atoms with Crippen molar-refractivity contribution in [1.29, 1.82) is 0 Å². The van der Waals surface area contributed by atoms with E-state index in [9.17, 15) is 14.4 Å². The Bertz CT molecular complexity index is 712. The summed E-state index contributed by atoms with van der Waals surface area (Å²) >= 11 is 1.20. The van der Waals surface area contributed by atoms with Crippen molar-refractivity contribution in [3.8, 4) is 0 Å². The number of Topliss-reactive ketones (excluding diaryl/α,β-unsaturated/α-hetero) is 1. The number of nitrogens with zero attached hydrogens (tertiary/aromatic N) is 2. The van der Waals surface area contributed by atoms with E-state index in [0.717, 1.165) is 38.6 Å². The molecule has 0 saturated carbocycles. The van der Waals surface area contributed by atoms with Crippen molar-refractivity contribution in [2.24, 2.45) is 5.92 Å². The number of thioether (sulfide) groups is 1. The number of ether oxygens (including phenoxy) is 1. The molecule has 0 spiro atoms. The lowest BCUT2D eigenvalue weighted by Crippen LogP contribution is -2.38. The molecular weight excluding hydrogens is 568 g/mol. The maximum absolute atomic E-state index is 13.4. The van der Waals surface area contributed by atoms with E-state index in [4.69, 9.17) is 4.74 Å². The zero-order chi connectivity index (χ0) is 32.7. The van der Waals surface area contributed by atoms with E-state index in [1.54, 1.807) is 0 Å². The summed E-state index contributed by atoms with van der Waals surface area (Å²) < 4.78 is 5.41. The molecule has 44 heavy (non-hydrogen) atoms. The molecule has 0 aromatic rings. The minimum absolute atomic E-state index is 0.00855. The molecule has 0 saturated heterocycles. The summed E-state index contributed by atoms with van der Waals surface area (Å²) in [6, 6.07) is 0. The third-order valence-electron chi connectivity index (χ3n) is 8.10. The van der Waals surface area contributed by atoms with Gasteiger partial charge in [-0.3, -0.25) is 14.4 Å². The SMILES string of the molecule is CCCCCC/C=C\COC(=O)CN(CC(=O)CC(CCCCCCCC)CCCCCCCC)C(=O)SCCCN(C)C. The number of carbonyl (C=O) groups is 3. The largest absolute Gasteiger partial charge is 0.460 e. The minimum atomic E-state index is -0.452. The first-order valence-electron chi connectivity index (χ1n) is 18.2. The highest BCUT2D eigenvalue weighted by Gasteiger charge is 2.23. The molecule has 0 N–H and O–H groups in total. The van der Waals surface area contributed by atoms with Crippen LogP contribution in [0.25, 0.3) is 0 Å². The van der Waals surface area contributed by atoms with E-state index in [2.05, 4.69) is 31.7 Å². The van der Waals surface area contributed by atoms with Gasteiger partial charge in [-0.15, -0.1) is 0 Å². The molecule has 0 fully saturated rings. The van der Waals surface area contributed by atoms with Crippen molar-refractivity contribution in [2.45, 2.75) is 156 Å². The highest BCUT2D eigenvalue weighted by atomic mass is 32.2. The first-order chi connectivity index (χ1) is 21.3. The molecule has 0 unspecified atom stereocenters. The molecule has 0 radical (unpaired) electrons. The molecule has 258 valence electrons. The van der Waals surface area contributed by atoms with Gasteiger partial charge in [-0.1, -0.05) is 154 Å². The summed E-state index contributed by atoms with van der Waals surface area (Å²) in [6.45, 7) is 7.60. The van der Waals surface area contributed by atoms with Crippen LogP contribution in [0, 0.1) is 5.92 Å². The van der Waals surface area contributed by atoms with Gasteiger partial charge in [0.15, 0.2) is 5.78 Å². The Labute approximate surface area is 276 Å². The second-order valence-electron chi connectivity index (χ2n) is 12.9. The standard InChI is InChI=1S/C37H70N2O4S/c1-6-9-12-15-18-21-24-29-43-36(41)33-39(37(42)44-30-25-28-38(4)5)32-35(40)31-34(26-22-19-16-13-10-7-2)27-23-20-17-14-11-8-3/h21,24,34H,6-20,22-23,25-33H2,1-5H3/b24-21-. The summed E-state index contributed by atoms with van der Waals surface area (Å²) in [5.41, 5.74) is 0. The van der Waals surface area contributed by atoms with Crippen molar-refractivity contribution in [2.75, 3.05) is 46.1 Å². The lowest BCUT2D eigenvalue weighted by atomic mass is 9.90. The van der Waals surface area contributed by atoms with E-state index >= 15 is 0 Å². The lowest BCUT2D eigenvalue weighted by Gasteiger charge is -2.22.